The Labute approximate surface area is 166 Å². The minimum atomic E-state index is -1.01. The highest BCUT2D eigenvalue weighted by molar-refractivity contribution is 6.11. The van der Waals surface area contributed by atoms with Crippen LogP contribution < -0.4 is 10.1 Å². The summed E-state index contributed by atoms with van der Waals surface area (Å²) in [6.07, 6.45) is 2.77. The van der Waals surface area contributed by atoms with E-state index in [1.165, 1.54) is 0 Å². The maximum Gasteiger partial charge on any atom is 0.335 e. The molecular formula is C22H19N3O4. The van der Waals surface area contributed by atoms with E-state index < -0.39 is 12.1 Å². The number of methoxy groups -OCH3 is 1. The van der Waals surface area contributed by atoms with Crippen LogP contribution in [-0.4, -0.2) is 33.3 Å². The summed E-state index contributed by atoms with van der Waals surface area (Å²) < 4.78 is 5.39. The summed E-state index contributed by atoms with van der Waals surface area (Å²) in [6, 6.07) is 12.1. The summed E-state index contributed by atoms with van der Waals surface area (Å²) in [7, 11) is 1.55. The van der Waals surface area contributed by atoms with Gasteiger partial charge < -0.3 is 20.3 Å². The number of carbonyl (C=O) groups is 1. The molecule has 0 bridgehead atoms. The molecule has 1 unspecified atom stereocenters. The lowest BCUT2D eigenvalue weighted by atomic mass is 10.1. The van der Waals surface area contributed by atoms with Crippen LogP contribution in [0.15, 0.2) is 54.9 Å². The number of aliphatic hydroxyl groups excluding tert-OH is 1. The molecule has 2 heterocycles. The number of rotatable bonds is 5. The third kappa shape index (κ3) is 3.43. The van der Waals surface area contributed by atoms with Gasteiger partial charge in [-0.05, 0) is 31.2 Å². The summed E-state index contributed by atoms with van der Waals surface area (Å²) in [5.41, 5.74) is 2.14. The molecule has 3 N–H and O–H groups in total. The van der Waals surface area contributed by atoms with Gasteiger partial charge in [-0.25, -0.2) is 9.78 Å². The second kappa shape index (κ2) is 7.37. The number of aromatic carboxylic acids is 1. The van der Waals surface area contributed by atoms with Gasteiger partial charge in [0.25, 0.3) is 0 Å². The first-order chi connectivity index (χ1) is 14.0. The monoisotopic (exact) mass is 389 g/mol. The Hall–Kier alpha value is -3.71. The number of hydrogen-bond acceptors (Lipinski definition) is 6. The van der Waals surface area contributed by atoms with E-state index in [2.05, 4.69) is 15.3 Å². The highest BCUT2D eigenvalue weighted by Gasteiger charge is 2.13. The van der Waals surface area contributed by atoms with Gasteiger partial charge in [0, 0.05) is 45.9 Å². The topological polar surface area (TPSA) is 105 Å². The highest BCUT2D eigenvalue weighted by Crippen LogP contribution is 2.33. The molecule has 0 amide bonds. The van der Waals surface area contributed by atoms with Gasteiger partial charge in [-0.2, -0.15) is 0 Å². The van der Waals surface area contributed by atoms with Crippen molar-refractivity contribution in [1.82, 2.24) is 9.97 Å². The first-order valence-corrected chi connectivity index (χ1v) is 9.01. The van der Waals surface area contributed by atoms with E-state index >= 15 is 0 Å². The molecule has 146 valence electrons. The van der Waals surface area contributed by atoms with Crippen LogP contribution in [0.5, 0.6) is 5.75 Å². The van der Waals surface area contributed by atoms with Crippen LogP contribution in [-0.2, 0) is 0 Å². The molecule has 0 radical (unpaired) electrons. The lowest BCUT2D eigenvalue weighted by molar-refractivity contribution is 0.0697. The van der Waals surface area contributed by atoms with E-state index in [0.717, 1.165) is 21.8 Å². The second-order valence-electron chi connectivity index (χ2n) is 6.68. The van der Waals surface area contributed by atoms with Gasteiger partial charge in [-0.1, -0.05) is 12.1 Å². The van der Waals surface area contributed by atoms with Crippen molar-refractivity contribution in [2.24, 2.45) is 0 Å². The largest absolute Gasteiger partial charge is 0.496 e. The molecule has 0 fully saturated rings. The molecule has 7 heteroatoms. The Kier molecular flexibility index (Phi) is 4.74. The quantitative estimate of drug-likeness (QED) is 0.437. The molecular weight excluding hydrogens is 370 g/mol. The fraction of sp³-hybridized carbons (Fsp3) is 0.136. The van der Waals surface area contributed by atoms with Gasteiger partial charge in [0.2, 0.25) is 0 Å². The Balaban J connectivity index is 1.87. The number of aliphatic hydroxyl groups is 1. The number of carboxylic acid groups (broad SMARTS) is 1. The number of nitrogens with zero attached hydrogens (tertiary/aromatic N) is 2. The number of ether oxygens (including phenoxy) is 1. The Morgan fingerprint density at radius 1 is 1.10 bits per heavy atom. The number of nitrogens with one attached hydrogen (secondary N) is 1. The summed E-state index contributed by atoms with van der Waals surface area (Å²) in [5.74, 6) is 0.127. The van der Waals surface area contributed by atoms with Crippen molar-refractivity contribution in [3.05, 3.63) is 66.0 Å². The van der Waals surface area contributed by atoms with E-state index in [1.807, 2.05) is 12.1 Å². The fourth-order valence-electron chi connectivity index (χ4n) is 3.35. The van der Waals surface area contributed by atoms with Crippen molar-refractivity contribution < 1.29 is 19.7 Å². The maximum absolute atomic E-state index is 11.4. The van der Waals surface area contributed by atoms with Crippen LogP contribution in [0.3, 0.4) is 0 Å². The standard InChI is InChI=1S/C22H19N3O4/c1-12(26)15-6-4-14(10-20(15)29-2)24-21-17-7-8-23-11-18(17)16-5-3-13(22(27)28)9-19(16)25-21/h3-12,26H,1-2H3,(H,24,25)(H,27,28). The van der Waals surface area contributed by atoms with Crippen LogP contribution >= 0.6 is 0 Å². The first kappa shape index (κ1) is 18.6. The lowest BCUT2D eigenvalue weighted by Crippen LogP contribution is -2.01. The van der Waals surface area contributed by atoms with Crippen molar-refractivity contribution in [3.8, 4) is 5.75 Å². The van der Waals surface area contributed by atoms with Crippen molar-refractivity contribution in [3.63, 3.8) is 0 Å². The van der Waals surface area contributed by atoms with E-state index in [9.17, 15) is 15.0 Å². The fourth-order valence-corrected chi connectivity index (χ4v) is 3.35. The van der Waals surface area contributed by atoms with Crippen LogP contribution in [0.2, 0.25) is 0 Å². The van der Waals surface area contributed by atoms with Gasteiger partial charge in [0.1, 0.15) is 11.6 Å². The number of fused-ring (bicyclic) bond motifs is 3. The number of carboxylic acids is 1. The zero-order valence-electron chi connectivity index (χ0n) is 15.9. The Morgan fingerprint density at radius 3 is 2.66 bits per heavy atom. The maximum atomic E-state index is 11.4. The van der Waals surface area contributed by atoms with E-state index in [4.69, 9.17) is 4.74 Å². The van der Waals surface area contributed by atoms with Crippen molar-refractivity contribution in [1.29, 1.82) is 0 Å². The molecule has 0 aliphatic rings. The zero-order valence-corrected chi connectivity index (χ0v) is 15.9. The number of anilines is 2. The average molecular weight is 389 g/mol. The third-order valence-electron chi connectivity index (χ3n) is 4.79. The van der Waals surface area contributed by atoms with Gasteiger partial charge in [0.05, 0.1) is 24.3 Å². The minimum Gasteiger partial charge on any atom is -0.496 e. The molecule has 2 aromatic heterocycles. The summed E-state index contributed by atoms with van der Waals surface area (Å²) >= 11 is 0. The Morgan fingerprint density at radius 2 is 1.93 bits per heavy atom. The number of aromatic nitrogens is 2. The predicted molar refractivity (Wildman–Crippen MR) is 111 cm³/mol. The normalized spacial score (nSPS) is 12.1. The summed E-state index contributed by atoms with van der Waals surface area (Å²) in [6.45, 7) is 1.68. The molecule has 4 aromatic rings. The van der Waals surface area contributed by atoms with Crippen LogP contribution in [0.25, 0.3) is 21.7 Å². The average Bonchev–Trinajstić information content (AvgIpc) is 2.73. The predicted octanol–water partition coefficient (Wildman–Crippen LogP) is 4.29. The SMILES string of the molecule is COc1cc(Nc2nc3cc(C(=O)O)ccc3c3cnccc23)ccc1C(C)O. The van der Waals surface area contributed by atoms with Gasteiger partial charge in [-0.15, -0.1) is 0 Å². The molecule has 0 aliphatic heterocycles. The van der Waals surface area contributed by atoms with Crippen LogP contribution in [0.4, 0.5) is 11.5 Å². The van der Waals surface area contributed by atoms with Crippen molar-refractivity contribution in [2.45, 2.75) is 13.0 Å². The van der Waals surface area contributed by atoms with Crippen LogP contribution in [0, 0.1) is 0 Å². The van der Waals surface area contributed by atoms with Gasteiger partial charge in [-0.3, -0.25) is 4.98 Å². The second-order valence-corrected chi connectivity index (χ2v) is 6.68. The smallest absolute Gasteiger partial charge is 0.335 e. The number of pyridine rings is 2. The molecule has 2 aromatic carbocycles. The third-order valence-corrected chi connectivity index (χ3v) is 4.79. The highest BCUT2D eigenvalue weighted by atomic mass is 16.5. The van der Waals surface area contributed by atoms with Crippen molar-refractivity contribution in [2.75, 3.05) is 12.4 Å². The van der Waals surface area contributed by atoms with Gasteiger partial charge in [0.15, 0.2) is 0 Å². The summed E-state index contributed by atoms with van der Waals surface area (Å²) in [5, 5.41) is 25.0. The van der Waals surface area contributed by atoms with E-state index in [1.54, 1.807) is 56.8 Å². The summed E-state index contributed by atoms with van der Waals surface area (Å²) in [4.78, 5) is 20.2. The number of hydrogen-bond donors (Lipinski definition) is 3. The number of benzene rings is 2. The lowest BCUT2D eigenvalue weighted by Gasteiger charge is -2.15. The molecule has 7 nitrogen and oxygen atoms in total. The van der Waals surface area contributed by atoms with Crippen LogP contribution in [0.1, 0.15) is 28.9 Å². The molecule has 0 spiro atoms. The van der Waals surface area contributed by atoms with Gasteiger partial charge >= 0.3 is 5.97 Å². The molecule has 29 heavy (non-hydrogen) atoms. The minimum absolute atomic E-state index is 0.169. The molecule has 0 saturated carbocycles. The van der Waals surface area contributed by atoms with E-state index in [-0.39, 0.29) is 5.56 Å². The van der Waals surface area contributed by atoms with E-state index in [0.29, 0.717) is 22.6 Å². The molecule has 0 aliphatic carbocycles. The molecule has 4 rings (SSSR count). The molecule has 0 saturated heterocycles. The Bertz CT molecular complexity index is 1240. The first-order valence-electron chi connectivity index (χ1n) is 9.01. The zero-order chi connectivity index (χ0) is 20.5. The van der Waals surface area contributed by atoms with Crippen molar-refractivity contribution >= 4 is 39.1 Å². The molecule has 1 atom stereocenters.